The Morgan fingerprint density at radius 1 is 1.19 bits per heavy atom. The highest BCUT2D eigenvalue weighted by Gasteiger charge is 2.22. The van der Waals surface area contributed by atoms with Gasteiger partial charge in [-0.3, -0.25) is 15.4 Å². The number of benzene rings is 1. The van der Waals surface area contributed by atoms with Crippen LogP contribution in [0.25, 0.3) is 0 Å². The number of ether oxygens (including phenoxy) is 1. The largest absolute Gasteiger partial charge is 0.453 e. The molecule has 0 fully saturated rings. The summed E-state index contributed by atoms with van der Waals surface area (Å²) in [6.45, 7) is 3.92. The van der Waals surface area contributed by atoms with Crippen molar-refractivity contribution >= 4 is 23.3 Å². The zero-order valence-corrected chi connectivity index (χ0v) is 16.3. The van der Waals surface area contributed by atoms with Crippen LogP contribution >= 0.6 is 11.3 Å². The molecule has 1 aromatic heterocycles. The number of thiophene rings is 1. The molecule has 0 aliphatic rings. The van der Waals surface area contributed by atoms with Crippen LogP contribution in [0, 0.1) is 0 Å². The number of amides is 2. The molecule has 5 nitrogen and oxygen atoms in total. The van der Waals surface area contributed by atoms with Gasteiger partial charge >= 0.3 is 6.09 Å². The zero-order chi connectivity index (χ0) is 18.9. The molecule has 26 heavy (non-hydrogen) atoms. The van der Waals surface area contributed by atoms with E-state index in [1.807, 2.05) is 17.5 Å². The summed E-state index contributed by atoms with van der Waals surface area (Å²) in [5.41, 5.74) is 2.41. The van der Waals surface area contributed by atoms with Crippen LogP contribution in [0.3, 0.4) is 0 Å². The molecular formula is C20H26N2O3S. The molecule has 0 unspecified atom stereocenters. The highest BCUT2D eigenvalue weighted by Crippen LogP contribution is 2.27. The Balaban J connectivity index is 2.14. The van der Waals surface area contributed by atoms with Crippen molar-refractivity contribution < 1.29 is 14.3 Å². The average Bonchev–Trinajstić information content (AvgIpc) is 3.19. The standard InChI is InChI=1S/C20H26N2O3S/c1-4-5-7-15-9-11-16(12-10-15)18(17-8-6-13-26-17)21-14(2)19(23)22-20(24)25-3/h6,8-14,18,21H,4-5,7H2,1-3H3,(H,22,23,24)/t14-,18+/m0/s1. The topological polar surface area (TPSA) is 67.4 Å². The quantitative estimate of drug-likeness (QED) is 0.732. The summed E-state index contributed by atoms with van der Waals surface area (Å²) >= 11 is 1.63. The molecule has 0 radical (unpaired) electrons. The van der Waals surface area contributed by atoms with Gasteiger partial charge in [0.25, 0.3) is 0 Å². The smallest absolute Gasteiger partial charge is 0.413 e. The van der Waals surface area contributed by atoms with E-state index in [2.05, 4.69) is 46.6 Å². The number of nitrogens with one attached hydrogen (secondary N) is 2. The number of hydrogen-bond donors (Lipinski definition) is 2. The Hall–Kier alpha value is -2.18. The summed E-state index contributed by atoms with van der Waals surface area (Å²) in [6.07, 6.45) is 2.67. The molecule has 140 valence electrons. The average molecular weight is 375 g/mol. The van der Waals surface area contributed by atoms with Crippen LogP contribution in [0.2, 0.25) is 0 Å². The van der Waals surface area contributed by atoms with Crippen LogP contribution in [0.5, 0.6) is 0 Å². The minimum absolute atomic E-state index is 0.117. The minimum atomic E-state index is -0.753. The predicted octanol–water partition coefficient (Wildman–Crippen LogP) is 4.04. The van der Waals surface area contributed by atoms with Crippen LogP contribution in [0.1, 0.15) is 48.7 Å². The van der Waals surface area contributed by atoms with Gasteiger partial charge in [-0.25, -0.2) is 4.79 Å². The number of carbonyl (C=O) groups excluding carboxylic acids is 2. The molecule has 2 aromatic rings. The molecule has 0 aliphatic heterocycles. The number of aryl methyl sites for hydroxylation is 1. The molecule has 1 aromatic carbocycles. The first-order valence-electron chi connectivity index (χ1n) is 8.82. The van der Waals surface area contributed by atoms with Crippen LogP contribution < -0.4 is 10.6 Å². The normalized spacial score (nSPS) is 13.0. The van der Waals surface area contributed by atoms with Crippen LogP contribution in [0.15, 0.2) is 41.8 Å². The summed E-state index contributed by atoms with van der Waals surface area (Å²) in [5, 5.41) is 7.54. The summed E-state index contributed by atoms with van der Waals surface area (Å²) in [5.74, 6) is -0.419. The molecule has 0 spiro atoms. The number of carbonyl (C=O) groups is 2. The molecule has 0 bridgehead atoms. The third-order valence-corrected chi connectivity index (χ3v) is 5.12. The second-order valence-corrected chi connectivity index (χ2v) is 7.14. The van der Waals surface area contributed by atoms with Gasteiger partial charge in [-0.1, -0.05) is 43.7 Å². The molecular weight excluding hydrogens is 348 g/mol. The van der Waals surface area contributed by atoms with Crippen molar-refractivity contribution in [1.29, 1.82) is 0 Å². The fourth-order valence-electron chi connectivity index (χ4n) is 2.64. The van der Waals surface area contributed by atoms with Crippen LogP contribution in [0.4, 0.5) is 4.79 Å². The van der Waals surface area contributed by atoms with E-state index < -0.39 is 18.0 Å². The maximum absolute atomic E-state index is 12.2. The lowest BCUT2D eigenvalue weighted by atomic mass is 10.0. The lowest BCUT2D eigenvalue weighted by Gasteiger charge is -2.22. The van der Waals surface area contributed by atoms with Gasteiger partial charge in [0.15, 0.2) is 0 Å². The van der Waals surface area contributed by atoms with Gasteiger partial charge in [-0.05, 0) is 42.3 Å². The van der Waals surface area contributed by atoms with Gasteiger partial charge in [-0.2, -0.15) is 0 Å². The molecule has 0 saturated carbocycles. The number of hydrogen-bond acceptors (Lipinski definition) is 5. The van der Waals surface area contributed by atoms with Crippen molar-refractivity contribution in [3.8, 4) is 0 Å². The van der Waals surface area contributed by atoms with E-state index in [1.54, 1.807) is 18.3 Å². The number of unbranched alkanes of at least 4 members (excludes halogenated alkanes) is 1. The van der Waals surface area contributed by atoms with Crippen molar-refractivity contribution in [2.45, 2.75) is 45.2 Å². The Bertz CT molecular complexity index is 698. The Labute approximate surface area is 158 Å². The van der Waals surface area contributed by atoms with Gasteiger partial charge in [0.1, 0.15) is 0 Å². The van der Waals surface area contributed by atoms with E-state index in [1.165, 1.54) is 25.5 Å². The van der Waals surface area contributed by atoms with Crippen LogP contribution in [-0.4, -0.2) is 25.2 Å². The Morgan fingerprint density at radius 3 is 2.50 bits per heavy atom. The van der Waals surface area contributed by atoms with E-state index in [0.29, 0.717) is 0 Å². The lowest BCUT2D eigenvalue weighted by Crippen LogP contribution is -2.45. The van der Waals surface area contributed by atoms with Crippen molar-refractivity contribution in [3.63, 3.8) is 0 Å². The monoisotopic (exact) mass is 374 g/mol. The maximum atomic E-state index is 12.2. The lowest BCUT2D eigenvalue weighted by molar-refractivity contribution is -0.122. The highest BCUT2D eigenvalue weighted by atomic mass is 32.1. The molecule has 6 heteroatoms. The van der Waals surface area contributed by atoms with E-state index in [0.717, 1.165) is 16.9 Å². The minimum Gasteiger partial charge on any atom is -0.453 e. The zero-order valence-electron chi connectivity index (χ0n) is 15.5. The number of alkyl carbamates (subject to hydrolysis) is 1. The second-order valence-electron chi connectivity index (χ2n) is 6.16. The van der Waals surface area contributed by atoms with Crippen LogP contribution in [-0.2, 0) is 16.0 Å². The first-order chi connectivity index (χ1) is 12.5. The van der Waals surface area contributed by atoms with E-state index in [-0.39, 0.29) is 6.04 Å². The van der Waals surface area contributed by atoms with E-state index in [4.69, 9.17) is 0 Å². The second kappa shape index (κ2) is 10.1. The van der Waals surface area contributed by atoms with Gasteiger partial charge in [0, 0.05) is 4.88 Å². The Morgan fingerprint density at radius 2 is 1.92 bits per heavy atom. The molecule has 2 atom stereocenters. The SMILES string of the molecule is CCCCc1ccc([C@@H](N[C@@H](C)C(=O)NC(=O)OC)c2cccs2)cc1. The van der Waals surface area contributed by atoms with Crippen molar-refractivity contribution in [3.05, 3.63) is 57.8 Å². The molecule has 2 N–H and O–H groups in total. The van der Waals surface area contributed by atoms with Crippen molar-refractivity contribution in [2.75, 3.05) is 7.11 Å². The van der Waals surface area contributed by atoms with Gasteiger partial charge in [0.05, 0.1) is 19.2 Å². The first-order valence-corrected chi connectivity index (χ1v) is 9.70. The van der Waals surface area contributed by atoms with Gasteiger partial charge in [0.2, 0.25) is 5.91 Å². The number of methoxy groups -OCH3 is 1. The predicted molar refractivity (Wildman–Crippen MR) is 104 cm³/mol. The number of imide groups is 1. The van der Waals surface area contributed by atoms with Gasteiger partial charge < -0.3 is 4.74 Å². The third kappa shape index (κ3) is 5.68. The number of rotatable bonds is 8. The molecule has 0 aliphatic carbocycles. The fourth-order valence-corrected chi connectivity index (χ4v) is 3.45. The molecule has 2 amide bonds. The maximum Gasteiger partial charge on any atom is 0.413 e. The summed E-state index contributed by atoms with van der Waals surface area (Å²) in [7, 11) is 1.23. The fraction of sp³-hybridized carbons (Fsp3) is 0.400. The van der Waals surface area contributed by atoms with Crippen molar-refractivity contribution in [2.24, 2.45) is 0 Å². The van der Waals surface area contributed by atoms with Gasteiger partial charge in [-0.15, -0.1) is 11.3 Å². The summed E-state index contributed by atoms with van der Waals surface area (Å²) < 4.78 is 4.48. The molecule has 1 heterocycles. The molecule has 2 rings (SSSR count). The third-order valence-electron chi connectivity index (χ3n) is 4.18. The van der Waals surface area contributed by atoms with E-state index in [9.17, 15) is 9.59 Å². The first kappa shape index (κ1) is 20.1. The summed E-state index contributed by atoms with van der Waals surface area (Å²) in [6, 6.07) is 11.9. The Kier molecular flexibility index (Phi) is 7.81. The highest BCUT2D eigenvalue weighted by molar-refractivity contribution is 7.10. The molecule has 0 saturated heterocycles. The van der Waals surface area contributed by atoms with Crippen molar-refractivity contribution in [1.82, 2.24) is 10.6 Å². The van der Waals surface area contributed by atoms with E-state index >= 15 is 0 Å². The summed E-state index contributed by atoms with van der Waals surface area (Å²) in [4.78, 5) is 24.5.